The number of rotatable bonds is 54. The Morgan fingerprint density at radius 1 is 0.292 bits per heavy atom. The SMILES string of the molecule is CC/C=C\C/C=C\C/C=C\C/C=C\C/C=C\C/C=C\C/C=C\CCCCCCCCCCCCCC(=O)OCC(COC(=O)CCCCCCCCCCC)OC(=O)CCCCCCC/C=C\CCCCC. The minimum absolute atomic E-state index is 0.0785. The molecule has 0 amide bonds. The van der Waals surface area contributed by atoms with E-state index in [4.69, 9.17) is 14.2 Å². The van der Waals surface area contributed by atoms with Gasteiger partial charge in [0, 0.05) is 19.3 Å². The van der Waals surface area contributed by atoms with Gasteiger partial charge in [-0.3, -0.25) is 14.4 Å². The van der Waals surface area contributed by atoms with E-state index in [1.807, 2.05) is 0 Å². The zero-order chi connectivity index (χ0) is 52.2. The summed E-state index contributed by atoms with van der Waals surface area (Å²) in [6, 6.07) is 0. The van der Waals surface area contributed by atoms with Gasteiger partial charge >= 0.3 is 17.9 Å². The zero-order valence-electron chi connectivity index (χ0n) is 47.2. The van der Waals surface area contributed by atoms with Crippen LogP contribution in [0.15, 0.2) is 97.2 Å². The maximum atomic E-state index is 12.8. The summed E-state index contributed by atoms with van der Waals surface area (Å²) in [7, 11) is 0. The first-order chi connectivity index (χ1) is 35.5. The third-order valence-electron chi connectivity index (χ3n) is 12.8. The highest BCUT2D eigenvalue weighted by molar-refractivity contribution is 5.71. The van der Waals surface area contributed by atoms with Crippen LogP contribution in [0, 0.1) is 0 Å². The van der Waals surface area contributed by atoms with Crippen molar-refractivity contribution in [2.24, 2.45) is 0 Å². The molecular weight excluding hydrogens is 889 g/mol. The highest BCUT2D eigenvalue weighted by Crippen LogP contribution is 2.15. The summed E-state index contributed by atoms with van der Waals surface area (Å²) in [5, 5.41) is 0. The van der Waals surface area contributed by atoms with Gasteiger partial charge in [-0.15, -0.1) is 0 Å². The quantitative estimate of drug-likeness (QED) is 0.0261. The van der Waals surface area contributed by atoms with Gasteiger partial charge in [-0.1, -0.05) is 259 Å². The van der Waals surface area contributed by atoms with Gasteiger partial charge in [-0.05, 0) is 103 Å². The van der Waals surface area contributed by atoms with Crippen LogP contribution in [0.1, 0.15) is 284 Å². The summed E-state index contributed by atoms with van der Waals surface area (Å²) in [5.41, 5.74) is 0. The fourth-order valence-corrected chi connectivity index (χ4v) is 8.30. The van der Waals surface area contributed by atoms with Gasteiger partial charge in [0.05, 0.1) is 0 Å². The third kappa shape index (κ3) is 57.2. The second-order valence-electron chi connectivity index (χ2n) is 19.9. The average molecular weight is 1000 g/mol. The monoisotopic (exact) mass is 1000 g/mol. The molecule has 0 radical (unpaired) electrons. The first kappa shape index (κ1) is 68.3. The lowest BCUT2D eigenvalue weighted by atomic mass is 10.0. The normalized spacial score (nSPS) is 12.8. The predicted molar refractivity (Wildman–Crippen MR) is 311 cm³/mol. The summed E-state index contributed by atoms with van der Waals surface area (Å²) >= 11 is 0. The molecule has 0 aromatic rings. The Balaban J connectivity index is 4.10. The second-order valence-corrected chi connectivity index (χ2v) is 19.9. The smallest absolute Gasteiger partial charge is 0.306 e. The Hall–Kier alpha value is -3.67. The highest BCUT2D eigenvalue weighted by atomic mass is 16.6. The van der Waals surface area contributed by atoms with E-state index in [0.29, 0.717) is 19.3 Å². The van der Waals surface area contributed by atoms with Crippen molar-refractivity contribution in [3.05, 3.63) is 97.2 Å². The van der Waals surface area contributed by atoms with Crippen molar-refractivity contribution >= 4 is 17.9 Å². The maximum Gasteiger partial charge on any atom is 0.306 e. The molecule has 0 aliphatic heterocycles. The van der Waals surface area contributed by atoms with Gasteiger partial charge in [0.15, 0.2) is 6.10 Å². The first-order valence-electron chi connectivity index (χ1n) is 30.2. The molecule has 6 nitrogen and oxygen atoms in total. The predicted octanol–water partition coefficient (Wildman–Crippen LogP) is 20.5. The standard InChI is InChI=1S/C66H112O6/c1-4-7-10-13-16-19-21-23-24-25-26-27-28-29-30-31-32-33-34-35-36-37-38-39-40-41-42-43-45-47-50-53-56-59-65(68)71-62-63(61-70-64(67)58-55-52-49-46-18-15-12-9-6-3)72-66(69)60-57-54-51-48-44-22-20-17-14-11-8-5-2/h7,10,16-17,19-20,23-24,26-27,29-30,32-33,35-36,63H,4-6,8-9,11-15,18,21-22,25,28,31,34,37-62H2,1-3H3/b10-7-,19-16-,20-17-,24-23-,27-26-,30-29-,33-32-,36-35-. The van der Waals surface area contributed by atoms with Crippen LogP contribution < -0.4 is 0 Å². The summed E-state index contributed by atoms with van der Waals surface area (Å²) in [5.74, 6) is -0.890. The number of ether oxygens (including phenoxy) is 3. The minimum Gasteiger partial charge on any atom is -0.462 e. The van der Waals surface area contributed by atoms with Crippen molar-refractivity contribution in [3.63, 3.8) is 0 Å². The van der Waals surface area contributed by atoms with Crippen LogP contribution in [-0.4, -0.2) is 37.2 Å². The first-order valence-corrected chi connectivity index (χ1v) is 30.2. The Bertz CT molecular complexity index is 1430. The van der Waals surface area contributed by atoms with Crippen molar-refractivity contribution < 1.29 is 28.6 Å². The van der Waals surface area contributed by atoms with Crippen LogP contribution in [0.2, 0.25) is 0 Å². The Kier molecular flexibility index (Phi) is 56.8. The Morgan fingerprint density at radius 3 is 0.889 bits per heavy atom. The lowest BCUT2D eigenvalue weighted by Gasteiger charge is -2.18. The largest absolute Gasteiger partial charge is 0.462 e. The highest BCUT2D eigenvalue weighted by Gasteiger charge is 2.19. The number of carbonyl (C=O) groups excluding carboxylic acids is 3. The number of esters is 3. The number of unbranched alkanes of at least 4 members (excludes halogenated alkanes) is 27. The minimum atomic E-state index is -0.779. The molecule has 0 rings (SSSR count). The van der Waals surface area contributed by atoms with Gasteiger partial charge in [0.2, 0.25) is 0 Å². The van der Waals surface area contributed by atoms with Crippen molar-refractivity contribution in [3.8, 4) is 0 Å². The molecule has 6 heteroatoms. The molecule has 0 bridgehead atoms. The summed E-state index contributed by atoms with van der Waals surface area (Å²) in [4.78, 5) is 38.0. The van der Waals surface area contributed by atoms with Crippen LogP contribution >= 0.6 is 0 Å². The number of hydrogen-bond donors (Lipinski definition) is 0. The van der Waals surface area contributed by atoms with E-state index in [1.165, 1.54) is 128 Å². The van der Waals surface area contributed by atoms with E-state index in [1.54, 1.807) is 0 Å². The Labute approximate surface area is 445 Å². The molecule has 0 aliphatic carbocycles. The molecule has 0 aliphatic rings. The molecule has 1 atom stereocenters. The van der Waals surface area contributed by atoms with Crippen molar-refractivity contribution in [2.45, 2.75) is 290 Å². The topological polar surface area (TPSA) is 78.9 Å². The van der Waals surface area contributed by atoms with Crippen LogP contribution in [0.25, 0.3) is 0 Å². The summed E-state index contributed by atoms with van der Waals surface area (Å²) < 4.78 is 16.8. The van der Waals surface area contributed by atoms with E-state index in [0.717, 1.165) is 116 Å². The number of hydrogen-bond acceptors (Lipinski definition) is 6. The van der Waals surface area contributed by atoms with Crippen LogP contribution in [0.4, 0.5) is 0 Å². The summed E-state index contributed by atoms with van der Waals surface area (Å²) in [6.07, 6.45) is 80.0. The van der Waals surface area contributed by atoms with E-state index >= 15 is 0 Å². The van der Waals surface area contributed by atoms with E-state index in [2.05, 4.69) is 118 Å². The molecule has 0 aromatic heterocycles. The number of allylic oxidation sites excluding steroid dienone is 16. The zero-order valence-corrected chi connectivity index (χ0v) is 47.2. The van der Waals surface area contributed by atoms with Crippen molar-refractivity contribution in [1.29, 1.82) is 0 Å². The molecule has 0 saturated heterocycles. The van der Waals surface area contributed by atoms with Gasteiger partial charge in [0.25, 0.3) is 0 Å². The fraction of sp³-hybridized carbons (Fsp3) is 0.712. The summed E-state index contributed by atoms with van der Waals surface area (Å²) in [6.45, 7) is 6.48. The molecule has 0 saturated carbocycles. The van der Waals surface area contributed by atoms with Crippen LogP contribution in [0.3, 0.4) is 0 Å². The molecule has 412 valence electrons. The molecular formula is C66H112O6. The average Bonchev–Trinajstić information content (AvgIpc) is 3.38. The van der Waals surface area contributed by atoms with Gasteiger partial charge in [-0.25, -0.2) is 0 Å². The maximum absolute atomic E-state index is 12.8. The number of carbonyl (C=O) groups is 3. The Morgan fingerprint density at radius 2 is 0.542 bits per heavy atom. The molecule has 0 heterocycles. The van der Waals surface area contributed by atoms with E-state index < -0.39 is 6.10 Å². The van der Waals surface area contributed by atoms with E-state index in [-0.39, 0.29) is 31.1 Å². The van der Waals surface area contributed by atoms with Gasteiger partial charge in [0.1, 0.15) is 13.2 Å². The molecule has 0 fully saturated rings. The molecule has 0 spiro atoms. The second kappa shape index (κ2) is 59.9. The fourth-order valence-electron chi connectivity index (χ4n) is 8.30. The molecule has 72 heavy (non-hydrogen) atoms. The van der Waals surface area contributed by atoms with Gasteiger partial charge < -0.3 is 14.2 Å². The van der Waals surface area contributed by atoms with E-state index in [9.17, 15) is 14.4 Å². The third-order valence-corrected chi connectivity index (χ3v) is 12.8. The van der Waals surface area contributed by atoms with Crippen molar-refractivity contribution in [2.75, 3.05) is 13.2 Å². The molecule has 0 N–H and O–H groups in total. The van der Waals surface area contributed by atoms with Gasteiger partial charge in [-0.2, -0.15) is 0 Å². The lowest BCUT2D eigenvalue weighted by Crippen LogP contribution is -2.30. The van der Waals surface area contributed by atoms with Crippen LogP contribution in [-0.2, 0) is 28.6 Å². The molecule has 1 unspecified atom stereocenters. The van der Waals surface area contributed by atoms with Crippen LogP contribution in [0.5, 0.6) is 0 Å². The lowest BCUT2D eigenvalue weighted by molar-refractivity contribution is -0.167. The van der Waals surface area contributed by atoms with Crippen molar-refractivity contribution in [1.82, 2.24) is 0 Å². The molecule has 0 aromatic carbocycles.